The van der Waals surface area contributed by atoms with Crippen molar-refractivity contribution in [1.29, 1.82) is 0 Å². The molecule has 3 rings (SSSR count). The average Bonchev–Trinajstić information content (AvgIpc) is 3.14. The number of hydrogen-bond donors (Lipinski definition) is 2. The Kier molecular flexibility index (Phi) is 3.51. The SMILES string of the molecule is NC(=O)c1c(C2CC2)nn(-c2c(Cl)cc(Cl)cc2Cl)c1N. The molecule has 8 heteroatoms. The smallest absolute Gasteiger partial charge is 0.254 e. The lowest BCUT2D eigenvalue weighted by atomic mass is 10.1. The zero-order valence-corrected chi connectivity index (χ0v) is 13.0. The third-order valence-corrected chi connectivity index (χ3v) is 4.15. The number of nitrogens with zero attached hydrogens (tertiary/aromatic N) is 2. The van der Waals surface area contributed by atoms with Crippen LogP contribution in [0.4, 0.5) is 5.82 Å². The van der Waals surface area contributed by atoms with Gasteiger partial charge in [-0.25, -0.2) is 4.68 Å². The highest BCUT2D eigenvalue weighted by Crippen LogP contribution is 2.43. The number of primary amides is 1. The number of rotatable bonds is 3. The Morgan fingerprint density at radius 3 is 2.29 bits per heavy atom. The van der Waals surface area contributed by atoms with Gasteiger partial charge in [-0.05, 0) is 25.0 Å². The van der Waals surface area contributed by atoms with Crippen molar-refractivity contribution in [3.63, 3.8) is 0 Å². The summed E-state index contributed by atoms with van der Waals surface area (Å²) in [6.07, 6.45) is 1.91. The van der Waals surface area contributed by atoms with Crippen LogP contribution in [-0.2, 0) is 0 Å². The molecule has 0 bridgehead atoms. The molecule has 1 heterocycles. The second kappa shape index (κ2) is 5.09. The molecule has 0 unspecified atom stereocenters. The molecule has 5 nitrogen and oxygen atoms in total. The zero-order chi connectivity index (χ0) is 15.3. The molecular weight excluding hydrogens is 335 g/mol. The summed E-state index contributed by atoms with van der Waals surface area (Å²) in [6, 6.07) is 3.07. The number of halogens is 3. The fourth-order valence-corrected chi connectivity index (χ4v) is 3.23. The van der Waals surface area contributed by atoms with E-state index in [2.05, 4.69) is 5.10 Å². The van der Waals surface area contributed by atoms with Crippen molar-refractivity contribution in [1.82, 2.24) is 9.78 Å². The fraction of sp³-hybridized carbons (Fsp3) is 0.231. The van der Waals surface area contributed by atoms with E-state index in [1.165, 1.54) is 16.8 Å². The summed E-state index contributed by atoms with van der Waals surface area (Å²) in [6.45, 7) is 0. The molecule has 1 fully saturated rings. The molecule has 0 atom stereocenters. The molecule has 1 aliphatic rings. The third-order valence-electron chi connectivity index (χ3n) is 3.35. The molecule has 110 valence electrons. The van der Waals surface area contributed by atoms with Crippen molar-refractivity contribution in [3.05, 3.63) is 38.5 Å². The van der Waals surface area contributed by atoms with Crippen LogP contribution in [0.2, 0.25) is 15.1 Å². The van der Waals surface area contributed by atoms with Crippen LogP contribution < -0.4 is 11.5 Å². The number of nitrogen functional groups attached to an aromatic ring is 1. The summed E-state index contributed by atoms with van der Waals surface area (Å²) in [5.41, 5.74) is 12.7. The van der Waals surface area contributed by atoms with E-state index in [1.54, 1.807) is 0 Å². The minimum Gasteiger partial charge on any atom is -0.383 e. The van der Waals surface area contributed by atoms with E-state index >= 15 is 0 Å². The Hall–Kier alpha value is -1.43. The molecule has 0 saturated heterocycles. The molecule has 1 aliphatic carbocycles. The van der Waals surface area contributed by atoms with Crippen LogP contribution in [0.15, 0.2) is 12.1 Å². The Balaban J connectivity index is 2.24. The number of hydrogen-bond acceptors (Lipinski definition) is 3. The zero-order valence-electron chi connectivity index (χ0n) is 10.7. The third kappa shape index (κ3) is 2.46. The van der Waals surface area contributed by atoms with Gasteiger partial charge in [0.25, 0.3) is 5.91 Å². The number of anilines is 1. The average molecular weight is 346 g/mol. The van der Waals surface area contributed by atoms with Gasteiger partial charge >= 0.3 is 0 Å². The molecule has 2 aromatic rings. The lowest BCUT2D eigenvalue weighted by Gasteiger charge is -2.09. The first kappa shape index (κ1) is 14.5. The highest BCUT2D eigenvalue weighted by Gasteiger charge is 2.34. The van der Waals surface area contributed by atoms with Crippen LogP contribution in [0.5, 0.6) is 0 Å². The minimum atomic E-state index is -0.609. The van der Waals surface area contributed by atoms with Crippen LogP contribution in [0.25, 0.3) is 5.69 Å². The van der Waals surface area contributed by atoms with Crippen LogP contribution in [0.3, 0.4) is 0 Å². The summed E-state index contributed by atoms with van der Waals surface area (Å²) in [4.78, 5) is 11.6. The second-order valence-corrected chi connectivity index (χ2v) is 6.16. The molecule has 0 radical (unpaired) electrons. The fourth-order valence-electron chi connectivity index (χ4n) is 2.25. The van der Waals surface area contributed by atoms with E-state index in [-0.39, 0.29) is 17.3 Å². The standard InChI is InChI=1S/C13H11Cl3N4O/c14-6-3-7(15)11(8(16)4-6)20-12(17)9(13(18)21)10(19-20)5-1-2-5/h3-5H,1-2,17H2,(H2,18,21). The van der Waals surface area contributed by atoms with Gasteiger partial charge in [0, 0.05) is 10.9 Å². The maximum Gasteiger partial charge on any atom is 0.254 e. The summed E-state index contributed by atoms with van der Waals surface area (Å²) in [5.74, 6) is -0.265. The predicted molar refractivity (Wildman–Crippen MR) is 83.5 cm³/mol. The number of aromatic nitrogens is 2. The van der Waals surface area contributed by atoms with Crippen LogP contribution in [0.1, 0.15) is 34.8 Å². The first-order chi connectivity index (χ1) is 9.90. The van der Waals surface area contributed by atoms with Crippen molar-refractivity contribution >= 4 is 46.5 Å². The quantitative estimate of drug-likeness (QED) is 0.894. The van der Waals surface area contributed by atoms with E-state index in [0.717, 1.165) is 12.8 Å². The minimum absolute atomic E-state index is 0.135. The Labute approximate surface area is 135 Å². The van der Waals surface area contributed by atoms with E-state index in [4.69, 9.17) is 46.3 Å². The number of benzene rings is 1. The highest BCUT2D eigenvalue weighted by atomic mass is 35.5. The van der Waals surface area contributed by atoms with Gasteiger partial charge in [0.2, 0.25) is 0 Å². The van der Waals surface area contributed by atoms with Gasteiger partial charge in [0.05, 0.1) is 15.7 Å². The van der Waals surface area contributed by atoms with Gasteiger partial charge < -0.3 is 11.5 Å². The highest BCUT2D eigenvalue weighted by molar-refractivity contribution is 6.40. The predicted octanol–water partition coefficient (Wildman–Crippen LogP) is 3.39. The Morgan fingerprint density at radius 1 is 1.24 bits per heavy atom. The first-order valence-electron chi connectivity index (χ1n) is 6.23. The van der Waals surface area contributed by atoms with E-state index in [1.807, 2.05) is 0 Å². The number of carbonyl (C=O) groups excluding carboxylic acids is 1. The Bertz CT molecular complexity index is 729. The maximum atomic E-state index is 11.6. The van der Waals surface area contributed by atoms with Gasteiger partial charge in [0.15, 0.2) is 0 Å². The van der Waals surface area contributed by atoms with Crippen molar-refractivity contribution < 1.29 is 4.79 Å². The van der Waals surface area contributed by atoms with Crippen LogP contribution in [-0.4, -0.2) is 15.7 Å². The lowest BCUT2D eigenvalue weighted by Crippen LogP contribution is -2.15. The van der Waals surface area contributed by atoms with Gasteiger partial charge in [-0.3, -0.25) is 4.79 Å². The normalized spacial score (nSPS) is 14.4. The van der Waals surface area contributed by atoms with Crippen LogP contribution in [0, 0.1) is 0 Å². The lowest BCUT2D eigenvalue weighted by molar-refractivity contribution is 0.1000. The monoisotopic (exact) mass is 344 g/mol. The number of nitrogens with two attached hydrogens (primary N) is 2. The Morgan fingerprint density at radius 2 is 1.81 bits per heavy atom. The van der Waals surface area contributed by atoms with E-state index < -0.39 is 5.91 Å². The molecule has 1 aromatic heterocycles. The molecule has 0 spiro atoms. The van der Waals surface area contributed by atoms with Crippen LogP contribution >= 0.6 is 34.8 Å². The van der Waals surface area contributed by atoms with Gasteiger partial charge in [0.1, 0.15) is 17.1 Å². The number of amides is 1. The molecular formula is C13H11Cl3N4O. The molecule has 0 aliphatic heterocycles. The van der Waals surface area contributed by atoms with Crippen molar-refractivity contribution in [3.8, 4) is 5.69 Å². The molecule has 1 aromatic carbocycles. The topological polar surface area (TPSA) is 86.9 Å². The van der Waals surface area contributed by atoms with Gasteiger partial charge in [-0.15, -0.1) is 0 Å². The number of carbonyl (C=O) groups is 1. The summed E-state index contributed by atoms with van der Waals surface area (Å²) >= 11 is 18.2. The summed E-state index contributed by atoms with van der Waals surface area (Å²) < 4.78 is 1.36. The van der Waals surface area contributed by atoms with Crippen molar-refractivity contribution in [2.75, 3.05) is 5.73 Å². The van der Waals surface area contributed by atoms with E-state index in [0.29, 0.717) is 26.4 Å². The largest absolute Gasteiger partial charge is 0.383 e. The first-order valence-corrected chi connectivity index (χ1v) is 7.36. The van der Waals surface area contributed by atoms with Crippen molar-refractivity contribution in [2.24, 2.45) is 5.73 Å². The summed E-state index contributed by atoms with van der Waals surface area (Å²) in [5, 5.41) is 5.38. The van der Waals surface area contributed by atoms with Crippen molar-refractivity contribution in [2.45, 2.75) is 18.8 Å². The molecule has 4 N–H and O–H groups in total. The maximum absolute atomic E-state index is 11.6. The summed E-state index contributed by atoms with van der Waals surface area (Å²) in [7, 11) is 0. The van der Waals surface area contributed by atoms with Gasteiger partial charge in [-0.2, -0.15) is 5.10 Å². The van der Waals surface area contributed by atoms with E-state index in [9.17, 15) is 4.79 Å². The van der Waals surface area contributed by atoms with Gasteiger partial charge in [-0.1, -0.05) is 34.8 Å². The molecule has 1 amide bonds. The molecule has 21 heavy (non-hydrogen) atoms. The molecule has 1 saturated carbocycles. The second-order valence-electron chi connectivity index (χ2n) is 4.91.